The molecular formula is C21H28N6O2. The fourth-order valence-electron chi connectivity index (χ4n) is 3.10. The minimum absolute atomic E-state index is 0.324. The van der Waals surface area contributed by atoms with Gasteiger partial charge in [-0.05, 0) is 24.1 Å². The molecule has 154 valence electrons. The molecule has 0 saturated carbocycles. The van der Waals surface area contributed by atoms with E-state index in [0.717, 1.165) is 30.0 Å². The van der Waals surface area contributed by atoms with Gasteiger partial charge in [0.25, 0.3) is 0 Å². The van der Waals surface area contributed by atoms with Crippen molar-refractivity contribution in [3.05, 3.63) is 60.3 Å². The number of rotatable bonds is 9. The quantitative estimate of drug-likeness (QED) is 0.537. The Balaban J connectivity index is 1.57. The number of aromatic nitrogens is 4. The van der Waals surface area contributed by atoms with Crippen LogP contribution >= 0.6 is 0 Å². The molecule has 0 unspecified atom stereocenters. The number of nitrogens with zero attached hydrogens (tertiary/aromatic N) is 4. The van der Waals surface area contributed by atoms with Gasteiger partial charge >= 0.3 is 6.03 Å². The van der Waals surface area contributed by atoms with Crippen molar-refractivity contribution >= 4 is 17.5 Å². The van der Waals surface area contributed by atoms with E-state index in [0.29, 0.717) is 24.9 Å². The molecule has 0 aliphatic heterocycles. The van der Waals surface area contributed by atoms with Crippen LogP contribution in [0.5, 0.6) is 0 Å². The first kappa shape index (κ1) is 20.6. The van der Waals surface area contributed by atoms with Crippen molar-refractivity contribution in [2.45, 2.75) is 39.3 Å². The Morgan fingerprint density at radius 2 is 2.07 bits per heavy atom. The highest BCUT2D eigenvalue weighted by molar-refractivity contribution is 5.99. The molecule has 2 N–H and O–H groups in total. The zero-order chi connectivity index (χ0) is 20.6. The van der Waals surface area contributed by atoms with Gasteiger partial charge < -0.3 is 14.6 Å². The van der Waals surface area contributed by atoms with Crippen molar-refractivity contribution in [1.82, 2.24) is 19.3 Å². The number of aryl methyl sites for hydroxylation is 1. The van der Waals surface area contributed by atoms with Crippen molar-refractivity contribution in [1.29, 1.82) is 0 Å². The Bertz CT molecular complexity index is 931. The Labute approximate surface area is 170 Å². The number of ether oxygens (including phenoxy) is 1. The highest BCUT2D eigenvalue weighted by Gasteiger charge is 2.09. The Morgan fingerprint density at radius 3 is 2.86 bits per heavy atom. The molecule has 2 amide bonds. The lowest BCUT2D eigenvalue weighted by atomic mass is 10.1. The Morgan fingerprint density at radius 1 is 1.21 bits per heavy atom. The molecule has 0 bridgehead atoms. The molecule has 0 aliphatic carbocycles. The summed E-state index contributed by atoms with van der Waals surface area (Å²) in [6.07, 6.45) is 6.50. The van der Waals surface area contributed by atoms with Crippen LogP contribution < -0.4 is 10.6 Å². The number of carbonyl (C=O) groups excluding carboxylic acids is 1. The van der Waals surface area contributed by atoms with Crippen LogP contribution in [0.15, 0.2) is 48.9 Å². The minimum Gasteiger partial charge on any atom is -0.385 e. The zero-order valence-corrected chi connectivity index (χ0v) is 17.1. The van der Waals surface area contributed by atoms with E-state index < -0.39 is 0 Å². The maximum absolute atomic E-state index is 12.3. The van der Waals surface area contributed by atoms with Crippen molar-refractivity contribution in [2.24, 2.45) is 0 Å². The van der Waals surface area contributed by atoms with Gasteiger partial charge in [0, 0.05) is 63.1 Å². The van der Waals surface area contributed by atoms with Gasteiger partial charge in [0.1, 0.15) is 5.82 Å². The van der Waals surface area contributed by atoms with Crippen LogP contribution in [0.2, 0.25) is 0 Å². The second-order valence-electron chi connectivity index (χ2n) is 7.16. The molecule has 8 heteroatoms. The SMILES string of the molecule is COCCCn1ccc(NC(=O)Nc2cccc(Cn3ccnc3C(C)C)c2)n1. The number of imidazole rings is 1. The number of methoxy groups -OCH3 is 1. The molecule has 29 heavy (non-hydrogen) atoms. The second-order valence-corrected chi connectivity index (χ2v) is 7.16. The first-order valence-electron chi connectivity index (χ1n) is 9.75. The van der Waals surface area contributed by atoms with Crippen molar-refractivity contribution in [3.8, 4) is 0 Å². The van der Waals surface area contributed by atoms with Gasteiger partial charge in [0.15, 0.2) is 5.82 Å². The first-order valence-corrected chi connectivity index (χ1v) is 9.75. The van der Waals surface area contributed by atoms with Gasteiger partial charge in [-0.3, -0.25) is 10.00 Å². The lowest BCUT2D eigenvalue weighted by Crippen LogP contribution is -2.20. The minimum atomic E-state index is -0.324. The number of hydrogen-bond acceptors (Lipinski definition) is 4. The van der Waals surface area contributed by atoms with Gasteiger partial charge in [-0.1, -0.05) is 26.0 Å². The number of amides is 2. The summed E-state index contributed by atoms with van der Waals surface area (Å²) in [5.41, 5.74) is 1.82. The van der Waals surface area contributed by atoms with Gasteiger partial charge in [0.2, 0.25) is 0 Å². The molecule has 0 spiro atoms. The molecule has 0 atom stereocenters. The van der Waals surface area contributed by atoms with Crippen molar-refractivity contribution in [2.75, 3.05) is 24.4 Å². The van der Waals surface area contributed by atoms with Crippen LogP contribution in [-0.2, 0) is 17.8 Å². The summed E-state index contributed by atoms with van der Waals surface area (Å²) in [6.45, 7) is 6.37. The summed E-state index contributed by atoms with van der Waals surface area (Å²) >= 11 is 0. The maximum atomic E-state index is 12.3. The van der Waals surface area contributed by atoms with E-state index in [2.05, 4.69) is 39.1 Å². The molecule has 0 fully saturated rings. The zero-order valence-electron chi connectivity index (χ0n) is 17.1. The number of nitrogens with one attached hydrogen (secondary N) is 2. The van der Waals surface area contributed by atoms with E-state index in [-0.39, 0.29) is 6.03 Å². The smallest absolute Gasteiger partial charge is 0.324 e. The number of hydrogen-bond donors (Lipinski definition) is 2. The standard InChI is InChI=1S/C21H28N6O2/c1-16(2)20-22-9-12-26(20)15-17-6-4-7-18(14-17)23-21(28)24-19-8-11-27(25-19)10-5-13-29-3/h4,6-9,11-12,14,16H,5,10,13,15H2,1-3H3,(H2,23,24,25,28). The lowest BCUT2D eigenvalue weighted by molar-refractivity contribution is 0.189. The van der Waals surface area contributed by atoms with Gasteiger partial charge in [-0.15, -0.1) is 0 Å². The summed E-state index contributed by atoms with van der Waals surface area (Å²) in [5.74, 6) is 1.91. The summed E-state index contributed by atoms with van der Waals surface area (Å²) in [5, 5.41) is 9.96. The molecule has 1 aromatic carbocycles. The number of carbonyl (C=O) groups is 1. The van der Waals surface area contributed by atoms with Crippen LogP contribution in [0.3, 0.4) is 0 Å². The summed E-state index contributed by atoms with van der Waals surface area (Å²) < 4.78 is 8.95. The summed E-state index contributed by atoms with van der Waals surface area (Å²) in [6, 6.07) is 9.25. The molecule has 8 nitrogen and oxygen atoms in total. The third kappa shape index (κ3) is 5.92. The molecule has 2 aromatic heterocycles. The molecule has 3 rings (SSSR count). The fraction of sp³-hybridized carbons (Fsp3) is 0.381. The van der Waals surface area contributed by atoms with Crippen LogP contribution in [-0.4, -0.2) is 39.1 Å². The maximum Gasteiger partial charge on any atom is 0.324 e. The van der Waals surface area contributed by atoms with Crippen molar-refractivity contribution < 1.29 is 9.53 Å². The lowest BCUT2D eigenvalue weighted by Gasteiger charge is -2.12. The number of urea groups is 1. The Kier molecular flexibility index (Phi) is 7.02. The summed E-state index contributed by atoms with van der Waals surface area (Å²) in [4.78, 5) is 16.7. The molecule has 2 heterocycles. The van der Waals surface area contributed by atoms with E-state index in [1.165, 1.54) is 0 Å². The average Bonchev–Trinajstić information content (AvgIpc) is 3.32. The molecule has 0 aliphatic rings. The third-order valence-electron chi connectivity index (χ3n) is 4.42. The fourth-order valence-corrected chi connectivity index (χ4v) is 3.10. The van der Waals surface area contributed by atoms with Gasteiger partial charge in [-0.2, -0.15) is 5.10 Å². The highest BCUT2D eigenvalue weighted by Crippen LogP contribution is 2.16. The van der Waals surface area contributed by atoms with Crippen LogP contribution in [0.1, 0.15) is 37.6 Å². The average molecular weight is 396 g/mol. The third-order valence-corrected chi connectivity index (χ3v) is 4.42. The molecule has 3 aromatic rings. The molecule has 0 radical (unpaired) electrons. The number of benzene rings is 1. The summed E-state index contributed by atoms with van der Waals surface area (Å²) in [7, 11) is 1.67. The van der Waals surface area contributed by atoms with E-state index in [9.17, 15) is 4.79 Å². The second kappa shape index (κ2) is 9.88. The van der Waals surface area contributed by atoms with Crippen LogP contribution in [0, 0.1) is 0 Å². The van der Waals surface area contributed by atoms with E-state index in [4.69, 9.17) is 4.74 Å². The van der Waals surface area contributed by atoms with Crippen LogP contribution in [0.25, 0.3) is 0 Å². The van der Waals surface area contributed by atoms with E-state index in [1.807, 2.05) is 42.9 Å². The highest BCUT2D eigenvalue weighted by atomic mass is 16.5. The molecule has 0 saturated heterocycles. The van der Waals surface area contributed by atoms with Gasteiger partial charge in [0.05, 0.1) is 0 Å². The Hall–Kier alpha value is -3.13. The predicted octanol–water partition coefficient (Wildman–Crippen LogP) is 3.93. The molecular weight excluding hydrogens is 368 g/mol. The monoisotopic (exact) mass is 396 g/mol. The number of anilines is 2. The first-order chi connectivity index (χ1) is 14.0. The van der Waals surface area contributed by atoms with E-state index in [1.54, 1.807) is 17.9 Å². The predicted molar refractivity (Wildman–Crippen MR) is 113 cm³/mol. The normalized spacial score (nSPS) is 11.0. The largest absolute Gasteiger partial charge is 0.385 e. The van der Waals surface area contributed by atoms with Crippen molar-refractivity contribution in [3.63, 3.8) is 0 Å². The van der Waals surface area contributed by atoms with E-state index >= 15 is 0 Å². The topological polar surface area (TPSA) is 86.0 Å². The van der Waals surface area contributed by atoms with Crippen LogP contribution in [0.4, 0.5) is 16.3 Å². The van der Waals surface area contributed by atoms with Gasteiger partial charge in [-0.25, -0.2) is 9.78 Å².